The Morgan fingerprint density at radius 2 is 1.85 bits per heavy atom. The van der Waals surface area contributed by atoms with Crippen molar-refractivity contribution in [3.8, 4) is 11.4 Å². The highest BCUT2D eigenvalue weighted by molar-refractivity contribution is 7.90. The van der Waals surface area contributed by atoms with Crippen molar-refractivity contribution in [1.82, 2.24) is 19.5 Å². The van der Waals surface area contributed by atoms with Crippen molar-refractivity contribution in [2.45, 2.75) is 31.2 Å². The molecular weight excluding hydrogens is 440 g/mol. The third-order valence-electron chi connectivity index (χ3n) is 5.17. The highest BCUT2D eigenvalue weighted by Crippen LogP contribution is 2.28. The summed E-state index contributed by atoms with van der Waals surface area (Å²) in [5.41, 5.74) is 1.23. The van der Waals surface area contributed by atoms with Gasteiger partial charge in [0.2, 0.25) is 5.03 Å². The molecule has 8 nitrogen and oxygen atoms in total. The van der Waals surface area contributed by atoms with Crippen molar-refractivity contribution >= 4 is 26.7 Å². The average molecular weight is 465 g/mol. The van der Waals surface area contributed by atoms with Crippen LogP contribution >= 0.6 is 0 Å². The van der Waals surface area contributed by atoms with Gasteiger partial charge in [-0.1, -0.05) is 39.0 Å². The minimum atomic E-state index is -4.28. The van der Waals surface area contributed by atoms with Crippen LogP contribution < -0.4 is 9.46 Å². The van der Waals surface area contributed by atoms with E-state index in [1.54, 1.807) is 41.2 Å². The van der Waals surface area contributed by atoms with Gasteiger partial charge in [-0.3, -0.25) is 4.79 Å². The number of hydrogen-bond donors (Lipinski definition) is 1. The molecule has 4 aromatic rings. The maximum Gasteiger partial charge on any atom is 0.285 e. The molecule has 0 aliphatic carbocycles. The molecule has 0 saturated carbocycles. The minimum absolute atomic E-state index is 0.0608. The summed E-state index contributed by atoms with van der Waals surface area (Å²) in [7, 11) is -2.92. The first-order chi connectivity index (χ1) is 15.6. The van der Waals surface area contributed by atoms with Gasteiger partial charge in [0.25, 0.3) is 15.9 Å². The third-order valence-corrected chi connectivity index (χ3v) is 6.42. The zero-order chi connectivity index (χ0) is 23.8. The van der Waals surface area contributed by atoms with Crippen molar-refractivity contribution in [2.75, 3.05) is 7.11 Å². The van der Waals surface area contributed by atoms with Gasteiger partial charge in [-0.15, -0.1) is 0 Å². The van der Waals surface area contributed by atoms with E-state index >= 15 is 0 Å². The number of methoxy groups -OCH3 is 1. The molecule has 2 aromatic carbocycles. The second-order valence-electron chi connectivity index (χ2n) is 8.55. The van der Waals surface area contributed by atoms with Crippen LogP contribution in [0, 0.1) is 0 Å². The number of aromatic nitrogens is 3. The highest BCUT2D eigenvalue weighted by atomic mass is 32.2. The molecule has 2 aromatic heterocycles. The van der Waals surface area contributed by atoms with Crippen molar-refractivity contribution < 1.29 is 17.9 Å². The first kappa shape index (κ1) is 22.5. The molecule has 1 amide bonds. The topological polar surface area (TPSA) is 103 Å². The summed E-state index contributed by atoms with van der Waals surface area (Å²) >= 11 is 0. The molecule has 0 unspecified atom stereocenters. The number of nitrogens with one attached hydrogen (secondary N) is 1. The monoisotopic (exact) mass is 464 g/mol. The van der Waals surface area contributed by atoms with Crippen molar-refractivity contribution in [3.05, 3.63) is 78.2 Å². The molecule has 4 rings (SSSR count). The second-order valence-corrected chi connectivity index (χ2v) is 10.1. The van der Waals surface area contributed by atoms with E-state index in [-0.39, 0.29) is 21.8 Å². The molecule has 0 radical (unpaired) electrons. The van der Waals surface area contributed by atoms with Crippen molar-refractivity contribution in [3.63, 3.8) is 0 Å². The number of benzene rings is 2. The summed E-state index contributed by atoms with van der Waals surface area (Å²) < 4.78 is 35.2. The van der Waals surface area contributed by atoms with Gasteiger partial charge < -0.3 is 4.74 Å². The van der Waals surface area contributed by atoms with E-state index in [0.717, 1.165) is 16.5 Å². The zero-order valence-corrected chi connectivity index (χ0v) is 19.6. The van der Waals surface area contributed by atoms with Crippen LogP contribution in [0.4, 0.5) is 0 Å². The van der Waals surface area contributed by atoms with E-state index in [1.165, 1.54) is 7.11 Å². The molecule has 9 heteroatoms. The third kappa shape index (κ3) is 4.45. The lowest BCUT2D eigenvalue weighted by molar-refractivity contribution is 0.0981. The number of rotatable bonds is 5. The molecule has 0 atom stereocenters. The Bertz CT molecular complexity index is 1440. The van der Waals surface area contributed by atoms with Gasteiger partial charge in [0.1, 0.15) is 0 Å². The standard InChI is InChI=1S/C24H24N4O4S/c1-24(2,3)21-12-11-20(32-4)23(26-21)33(30,31)27-22(29)17-9-10-18-16(15-17)7-5-8-19(18)28-14-6-13-25-28/h5-15H,1-4H3,(H,27,29). The normalized spacial score (nSPS) is 12.0. The SMILES string of the molecule is COc1ccc(C(C)(C)C)nc1S(=O)(=O)NC(=O)c1ccc2c(-n3cccn3)cccc2c1. The maximum absolute atomic E-state index is 13.1. The van der Waals surface area contributed by atoms with Gasteiger partial charge in [-0.05, 0) is 41.8 Å². The Hall–Kier alpha value is -3.72. The first-order valence-electron chi connectivity index (χ1n) is 10.3. The van der Waals surface area contributed by atoms with E-state index in [2.05, 4.69) is 14.8 Å². The largest absolute Gasteiger partial charge is 0.494 e. The summed E-state index contributed by atoms with van der Waals surface area (Å²) in [4.78, 5) is 17.2. The molecule has 0 bridgehead atoms. The minimum Gasteiger partial charge on any atom is -0.494 e. The molecule has 0 aliphatic rings. The number of pyridine rings is 1. The molecule has 0 spiro atoms. The second kappa shape index (κ2) is 8.32. The first-order valence-corrected chi connectivity index (χ1v) is 11.7. The van der Waals surface area contributed by atoms with E-state index < -0.39 is 15.9 Å². The lowest BCUT2D eigenvalue weighted by Crippen LogP contribution is -2.32. The number of carbonyl (C=O) groups is 1. The van der Waals surface area contributed by atoms with Gasteiger partial charge in [0, 0.05) is 34.5 Å². The summed E-state index contributed by atoms with van der Waals surface area (Å²) in [6, 6.07) is 15.7. The van der Waals surface area contributed by atoms with Gasteiger partial charge in [0.05, 0.1) is 12.8 Å². The molecule has 170 valence electrons. The Morgan fingerprint density at radius 3 is 2.52 bits per heavy atom. The summed E-state index contributed by atoms with van der Waals surface area (Å²) in [6.07, 6.45) is 3.51. The van der Waals surface area contributed by atoms with E-state index in [1.807, 2.05) is 51.2 Å². The van der Waals surface area contributed by atoms with Crippen LogP contribution in [0.2, 0.25) is 0 Å². The van der Waals surface area contributed by atoms with Crippen molar-refractivity contribution in [1.29, 1.82) is 0 Å². The molecular formula is C24H24N4O4S. The number of carbonyl (C=O) groups excluding carboxylic acids is 1. The van der Waals surface area contributed by atoms with E-state index in [0.29, 0.717) is 5.69 Å². The fourth-order valence-corrected chi connectivity index (χ4v) is 4.53. The Morgan fingerprint density at radius 1 is 1.06 bits per heavy atom. The van der Waals surface area contributed by atoms with Crippen LogP contribution in [0.15, 0.2) is 72.0 Å². The number of ether oxygens (including phenoxy) is 1. The van der Waals surface area contributed by atoms with E-state index in [4.69, 9.17) is 4.74 Å². The number of sulfonamides is 1. The molecule has 2 heterocycles. The van der Waals surface area contributed by atoms with Crippen LogP contribution in [-0.2, 0) is 15.4 Å². The molecule has 33 heavy (non-hydrogen) atoms. The van der Waals surface area contributed by atoms with Gasteiger partial charge in [0.15, 0.2) is 5.75 Å². The zero-order valence-electron chi connectivity index (χ0n) is 18.7. The molecule has 0 fully saturated rings. The van der Waals surface area contributed by atoms with Crippen LogP contribution in [0.3, 0.4) is 0 Å². The van der Waals surface area contributed by atoms with Gasteiger partial charge in [-0.25, -0.2) is 14.4 Å². The molecule has 1 N–H and O–H groups in total. The molecule has 0 aliphatic heterocycles. The van der Waals surface area contributed by atoms with Crippen LogP contribution in [-0.4, -0.2) is 36.2 Å². The summed E-state index contributed by atoms with van der Waals surface area (Å²) in [5.74, 6) is -0.697. The van der Waals surface area contributed by atoms with Crippen LogP contribution in [0.25, 0.3) is 16.5 Å². The summed E-state index contributed by atoms with van der Waals surface area (Å²) in [5, 5.41) is 5.58. The lowest BCUT2D eigenvalue weighted by atomic mass is 9.92. The Kier molecular flexibility index (Phi) is 5.67. The Balaban J connectivity index is 1.68. The average Bonchev–Trinajstić information content (AvgIpc) is 3.31. The molecule has 0 saturated heterocycles. The number of amides is 1. The fourth-order valence-electron chi connectivity index (χ4n) is 3.44. The number of fused-ring (bicyclic) bond motifs is 1. The van der Waals surface area contributed by atoms with Gasteiger partial charge in [-0.2, -0.15) is 13.5 Å². The number of nitrogens with zero attached hydrogens (tertiary/aromatic N) is 3. The fraction of sp³-hybridized carbons (Fsp3) is 0.208. The van der Waals surface area contributed by atoms with E-state index in [9.17, 15) is 13.2 Å². The smallest absolute Gasteiger partial charge is 0.285 e. The predicted octanol–water partition coefficient (Wildman–Crippen LogP) is 3.85. The highest BCUT2D eigenvalue weighted by Gasteiger charge is 2.27. The lowest BCUT2D eigenvalue weighted by Gasteiger charge is -2.19. The van der Waals surface area contributed by atoms with Crippen LogP contribution in [0.1, 0.15) is 36.8 Å². The predicted molar refractivity (Wildman–Crippen MR) is 125 cm³/mol. The maximum atomic E-state index is 13.1. The quantitative estimate of drug-likeness (QED) is 0.481. The Labute approximate surface area is 192 Å². The number of hydrogen-bond acceptors (Lipinski definition) is 6. The summed E-state index contributed by atoms with van der Waals surface area (Å²) in [6.45, 7) is 5.76. The van der Waals surface area contributed by atoms with Crippen LogP contribution in [0.5, 0.6) is 5.75 Å². The van der Waals surface area contributed by atoms with Crippen molar-refractivity contribution in [2.24, 2.45) is 0 Å². The van der Waals surface area contributed by atoms with Gasteiger partial charge >= 0.3 is 0 Å².